The van der Waals surface area contributed by atoms with Gasteiger partial charge in [0.2, 0.25) is 10.1 Å². The second-order valence-electron chi connectivity index (χ2n) is 4.44. The second-order valence-corrected chi connectivity index (χ2v) is 5.40. The largest absolute Gasteiger partial charge is 0.445 e. The van der Waals surface area contributed by atoms with Gasteiger partial charge in [-0.25, -0.2) is 0 Å². The van der Waals surface area contributed by atoms with E-state index in [-0.39, 0.29) is 11.7 Å². The van der Waals surface area contributed by atoms with Crippen LogP contribution in [0.3, 0.4) is 0 Å². The van der Waals surface area contributed by atoms with Crippen LogP contribution in [0.5, 0.6) is 0 Å². The first-order valence-electron chi connectivity index (χ1n) is 5.85. The van der Waals surface area contributed by atoms with Gasteiger partial charge >= 0.3 is 12.4 Å². The molecule has 0 bridgehead atoms. The molecule has 120 valence electrons. The predicted molar refractivity (Wildman–Crippen MR) is 68.5 cm³/mol. The van der Waals surface area contributed by atoms with Gasteiger partial charge in [0.25, 0.3) is 0 Å². The van der Waals surface area contributed by atoms with Crippen LogP contribution in [0.2, 0.25) is 0 Å². The zero-order valence-electron chi connectivity index (χ0n) is 11.0. The Bertz CT molecular complexity index is 649. The summed E-state index contributed by atoms with van der Waals surface area (Å²) in [5, 5.41) is 5.31. The number of rotatable bonds is 3. The average molecular weight is 341 g/mol. The highest BCUT2D eigenvalue weighted by atomic mass is 32.1. The molecule has 2 aromatic rings. The lowest BCUT2D eigenvalue weighted by Crippen LogP contribution is -2.16. The summed E-state index contributed by atoms with van der Waals surface area (Å²) in [5.74, 6) is 0. The minimum Gasteiger partial charge on any atom is -0.345 e. The minimum atomic E-state index is -4.59. The highest BCUT2D eigenvalue weighted by Gasteiger charge is 2.36. The van der Waals surface area contributed by atoms with E-state index in [4.69, 9.17) is 0 Å². The summed E-state index contributed by atoms with van der Waals surface area (Å²) in [6, 6.07) is 4.57. The van der Waals surface area contributed by atoms with E-state index in [2.05, 4.69) is 10.2 Å². The molecule has 0 amide bonds. The molecule has 0 aliphatic carbocycles. The SMILES string of the molecule is CN(Cc1cccc(C(F)(F)F)c1)c1nnc(C(F)(F)F)s1. The summed E-state index contributed by atoms with van der Waals surface area (Å²) in [6.07, 6.45) is -9.06. The van der Waals surface area contributed by atoms with Gasteiger partial charge in [-0.05, 0) is 17.7 Å². The molecule has 0 fully saturated rings. The Balaban J connectivity index is 2.15. The van der Waals surface area contributed by atoms with Crippen LogP contribution in [0.4, 0.5) is 31.5 Å². The summed E-state index contributed by atoms with van der Waals surface area (Å²) >= 11 is 0.333. The van der Waals surface area contributed by atoms with Crippen molar-refractivity contribution in [3.8, 4) is 0 Å². The van der Waals surface area contributed by atoms with E-state index < -0.39 is 22.9 Å². The fourth-order valence-corrected chi connectivity index (χ4v) is 2.34. The van der Waals surface area contributed by atoms with Crippen molar-refractivity contribution < 1.29 is 26.3 Å². The van der Waals surface area contributed by atoms with Gasteiger partial charge in [0, 0.05) is 13.6 Å². The zero-order chi connectivity index (χ0) is 16.5. The summed E-state index contributed by atoms with van der Waals surface area (Å²) in [6.45, 7) is -0.0174. The first-order valence-corrected chi connectivity index (χ1v) is 6.67. The zero-order valence-corrected chi connectivity index (χ0v) is 11.9. The maximum atomic E-state index is 12.6. The smallest absolute Gasteiger partial charge is 0.345 e. The third-order valence-electron chi connectivity index (χ3n) is 2.66. The number of benzene rings is 1. The van der Waals surface area contributed by atoms with Crippen molar-refractivity contribution in [2.75, 3.05) is 11.9 Å². The number of hydrogen-bond donors (Lipinski definition) is 0. The Morgan fingerprint density at radius 2 is 1.73 bits per heavy atom. The molecule has 0 unspecified atom stereocenters. The van der Waals surface area contributed by atoms with Gasteiger partial charge in [-0.2, -0.15) is 26.3 Å². The van der Waals surface area contributed by atoms with Gasteiger partial charge in [-0.1, -0.05) is 23.5 Å². The van der Waals surface area contributed by atoms with Crippen molar-refractivity contribution in [1.29, 1.82) is 0 Å². The van der Waals surface area contributed by atoms with E-state index in [1.807, 2.05) is 0 Å². The molecule has 0 atom stereocenters. The van der Waals surface area contributed by atoms with E-state index in [1.165, 1.54) is 24.1 Å². The fraction of sp³-hybridized carbons (Fsp3) is 0.333. The van der Waals surface area contributed by atoms with Crippen LogP contribution in [-0.4, -0.2) is 17.2 Å². The predicted octanol–water partition coefficient (Wildman–Crippen LogP) is 4.21. The van der Waals surface area contributed by atoms with Gasteiger partial charge in [0.15, 0.2) is 0 Å². The Kier molecular flexibility index (Phi) is 4.32. The van der Waals surface area contributed by atoms with E-state index in [9.17, 15) is 26.3 Å². The fourth-order valence-electron chi connectivity index (χ4n) is 1.67. The molecule has 1 aromatic carbocycles. The molecule has 0 N–H and O–H groups in total. The molecule has 10 heteroatoms. The number of aromatic nitrogens is 2. The topological polar surface area (TPSA) is 29.0 Å². The maximum Gasteiger partial charge on any atom is 0.445 e. The first-order chi connectivity index (χ1) is 10.1. The highest BCUT2D eigenvalue weighted by Crippen LogP contribution is 2.34. The Labute approximate surface area is 125 Å². The molecule has 22 heavy (non-hydrogen) atoms. The van der Waals surface area contributed by atoms with E-state index in [0.29, 0.717) is 16.9 Å². The van der Waals surface area contributed by atoms with Crippen LogP contribution in [0, 0.1) is 0 Å². The van der Waals surface area contributed by atoms with Crippen LogP contribution < -0.4 is 4.90 Å². The lowest BCUT2D eigenvalue weighted by Gasteiger charge is -2.16. The van der Waals surface area contributed by atoms with E-state index in [1.54, 1.807) is 0 Å². The first kappa shape index (κ1) is 16.5. The molecule has 1 aromatic heterocycles. The van der Waals surface area contributed by atoms with Gasteiger partial charge in [-0.15, -0.1) is 10.2 Å². The number of alkyl halides is 6. The molecule has 3 nitrogen and oxygen atoms in total. The lowest BCUT2D eigenvalue weighted by molar-refractivity contribution is -0.138. The molecular formula is C12H9F6N3S. The van der Waals surface area contributed by atoms with Crippen molar-refractivity contribution in [2.24, 2.45) is 0 Å². The Morgan fingerprint density at radius 1 is 1.05 bits per heavy atom. The maximum absolute atomic E-state index is 12.6. The normalized spacial score (nSPS) is 12.5. The standard InChI is InChI=1S/C12H9F6N3S/c1-21(10-20-19-9(22-10)12(16,17)18)6-7-3-2-4-8(5-7)11(13,14)15/h2-5H,6H2,1H3. The number of hydrogen-bond acceptors (Lipinski definition) is 4. The summed E-state index contributed by atoms with van der Waals surface area (Å²) < 4.78 is 75.1. The van der Waals surface area contributed by atoms with Gasteiger partial charge < -0.3 is 4.90 Å². The summed E-state index contributed by atoms with van der Waals surface area (Å²) in [7, 11) is 1.43. The quantitative estimate of drug-likeness (QED) is 0.783. The number of nitrogens with zero attached hydrogens (tertiary/aromatic N) is 3. The molecular weight excluding hydrogens is 332 g/mol. The van der Waals surface area contributed by atoms with Crippen molar-refractivity contribution in [1.82, 2.24) is 10.2 Å². The van der Waals surface area contributed by atoms with Gasteiger partial charge in [0.05, 0.1) is 5.56 Å². The molecule has 1 heterocycles. The third-order valence-corrected chi connectivity index (χ3v) is 3.74. The number of anilines is 1. The van der Waals surface area contributed by atoms with E-state index in [0.717, 1.165) is 12.1 Å². The van der Waals surface area contributed by atoms with Gasteiger partial charge in [0.1, 0.15) is 0 Å². The monoisotopic (exact) mass is 341 g/mol. The highest BCUT2D eigenvalue weighted by molar-refractivity contribution is 7.15. The van der Waals surface area contributed by atoms with Crippen LogP contribution in [0.1, 0.15) is 16.1 Å². The molecule has 0 aliphatic rings. The molecule has 0 saturated carbocycles. The van der Waals surface area contributed by atoms with Crippen molar-refractivity contribution in [3.63, 3.8) is 0 Å². The van der Waals surface area contributed by atoms with Crippen molar-refractivity contribution in [3.05, 3.63) is 40.4 Å². The Hall–Kier alpha value is -1.84. The lowest BCUT2D eigenvalue weighted by atomic mass is 10.1. The molecule has 0 saturated heterocycles. The Morgan fingerprint density at radius 3 is 2.27 bits per heavy atom. The van der Waals surface area contributed by atoms with E-state index >= 15 is 0 Å². The van der Waals surface area contributed by atoms with Crippen LogP contribution >= 0.6 is 11.3 Å². The second kappa shape index (κ2) is 5.75. The summed E-state index contributed by atoms with van der Waals surface area (Å²) in [5.41, 5.74) is -0.507. The number of halogens is 6. The van der Waals surface area contributed by atoms with Crippen LogP contribution in [0.25, 0.3) is 0 Å². The molecule has 0 spiro atoms. The molecule has 0 aliphatic heterocycles. The van der Waals surface area contributed by atoms with Crippen molar-refractivity contribution >= 4 is 16.5 Å². The van der Waals surface area contributed by atoms with Gasteiger partial charge in [-0.3, -0.25) is 0 Å². The van der Waals surface area contributed by atoms with Crippen LogP contribution in [-0.2, 0) is 18.9 Å². The molecule has 2 rings (SSSR count). The van der Waals surface area contributed by atoms with Crippen LogP contribution in [0.15, 0.2) is 24.3 Å². The molecule has 0 radical (unpaired) electrons. The summed E-state index contributed by atoms with van der Waals surface area (Å²) in [4.78, 5) is 1.31. The average Bonchev–Trinajstić information content (AvgIpc) is 2.87. The van der Waals surface area contributed by atoms with Crippen molar-refractivity contribution in [2.45, 2.75) is 18.9 Å². The third kappa shape index (κ3) is 3.87. The minimum absolute atomic E-state index is 0.0174.